The Morgan fingerprint density at radius 1 is 1.50 bits per heavy atom. The van der Waals surface area contributed by atoms with Gasteiger partial charge in [0.05, 0.1) is 0 Å². The van der Waals surface area contributed by atoms with E-state index in [1.807, 2.05) is 6.20 Å². The van der Waals surface area contributed by atoms with E-state index in [1.165, 1.54) is 5.69 Å². The molecule has 1 aliphatic heterocycles. The maximum absolute atomic E-state index is 3.61. The molecule has 1 aromatic rings. The second-order valence-corrected chi connectivity index (χ2v) is 5.94. The largest absolute Gasteiger partial charge is 0.365 e. The van der Waals surface area contributed by atoms with Crippen LogP contribution in [-0.2, 0) is 5.41 Å². The molecule has 2 rings (SSSR count). The van der Waals surface area contributed by atoms with E-state index in [2.05, 4.69) is 53.5 Å². The molecule has 0 bridgehead atoms. The summed E-state index contributed by atoms with van der Waals surface area (Å²) in [6.45, 7) is 9.94. The third kappa shape index (κ3) is 3.34. The number of nitrogens with zero attached hydrogens (tertiary/aromatic N) is 1. The van der Waals surface area contributed by atoms with Gasteiger partial charge in [0.2, 0.25) is 0 Å². The maximum Gasteiger partial charge on any atom is 0.0342 e. The summed E-state index contributed by atoms with van der Waals surface area (Å²) < 4.78 is 0. The number of hydrogen-bond acceptors (Lipinski definition) is 3. The first-order valence-electron chi connectivity index (χ1n) is 6.85. The third-order valence-electron chi connectivity index (χ3n) is 3.92. The van der Waals surface area contributed by atoms with Gasteiger partial charge in [0.1, 0.15) is 0 Å². The Labute approximate surface area is 110 Å². The van der Waals surface area contributed by atoms with Crippen molar-refractivity contribution in [2.24, 2.45) is 0 Å². The molecule has 0 amide bonds. The van der Waals surface area contributed by atoms with E-state index in [1.54, 1.807) is 0 Å². The molecule has 102 valence electrons. The normalized spacial score (nSPS) is 22.3. The van der Waals surface area contributed by atoms with Crippen molar-refractivity contribution in [1.29, 1.82) is 0 Å². The Kier molecular flexibility index (Phi) is 4.43. The van der Waals surface area contributed by atoms with Crippen molar-refractivity contribution < 1.29 is 0 Å². The Balaban J connectivity index is 1.77. The van der Waals surface area contributed by atoms with Crippen LogP contribution < -0.4 is 10.6 Å². The molecular formula is C14H26N4. The first kappa shape index (κ1) is 13.6. The number of nitrogens with one attached hydrogen (secondary N) is 3. The SMILES string of the molecule is CN1CCNCC1CNCC(C)(C)c1ccc[nH]1. The highest BCUT2D eigenvalue weighted by atomic mass is 15.2. The molecule has 0 saturated carbocycles. The fraction of sp³-hybridized carbons (Fsp3) is 0.714. The van der Waals surface area contributed by atoms with Crippen LogP contribution >= 0.6 is 0 Å². The third-order valence-corrected chi connectivity index (χ3v) is 3.92. The molecular weight excluding hydrogens is 224 g/mol. The highest BCUT2D eigenvalue weighted by Gasteiger charge is 2.23. The molecule has 4 heteroatoms. The first-order valence-corrected chi connectivity index (χ1v) is 6.85. The van der Waals surface area contributed by atoms with Crippen molar-refractivity contribution in [2.75, 3.05) is 39.8 Å². The van der Waals surface area contributed by atoms with E-state index in [0.29, 0.717) is 6.04 Å². The molecule has 1 atom stereocenters. The lowest BCUT2D eigenvalue weighted by Crippen LogP contribution is -2.54. The molecule has 0 aromatic carbocycles. The standard InChI is InChI=1S/C14H26N4/c1-14(2,13-5-4-6-17-13)11-16-10-12-9-15-7-8-18(12)3/h4-6,12,15-17H,7-11H2,1-3H3. The molecule has 1 aliphatic rings. The lowest BCUT2D eigenvalue weighted by atomic mass is 9.89. The van der Waals surface area contributed by atoms with Gasteiger partial charge in [0.15, 0.2) is 0 Å². The van der Waals surface area contributed by atoms with Crippen LogP contribution in [-0.4, -0.2) is 55.7 Å². The van der Waals surface area contributed by atoms with Crippen LogP contribution in [0.5, 0.6) is 0 Å². The zero-order valence-electron chi connectivity index (χ0n) is 11.8. The van der Waals surface area contributed by atoms with Crippen molar-refractivity contribution in [3.8, 4) is 0 Å². The Morgan fingerprint density at radius 3 is 3.00 bits per heavy atom. The molecule has 0 radical (unpaired) electrons. The second kappa shape index (κ2) is 5.87. The summed E-state index contributed by atoms with van der Waals surface area (Å²) in [4.78, 5) is 5.75. The average Bonchev–Trinajstić information content (AvgIpc) is 2.86. The van der Waals surface area contributed by atoms with Gasteiger partial charge in [-0.2, -0.15) is 0 Å². The summed E-state index contributed by atoms with van der Waals surface area (Å²) in [7, 11) is 2.21. The number of hydrogen-bond donors (Lipinski definition) is 3. The van der Waals surface area contributed by atoms with Gasteiger partial charge in [0, 0.05) is 56.1 Å². The molecule has 4 nitrogen and oxygen atoms in total. The summed E-state index contributed by atoms with van der Waals surface area (Å²) in [6, 6.07) is 4.84. The quantitative estimate of drug-likeness (QED) is 0.724. The molecule has 0 aliphatic carbocycles. The molecule has 1 unspecified atom stereocenters. The summed E-state index contributed by atoms with van der Waals surface area (Å²) in [5.41, 5.74) is 1.45. The number of aromatic amines is 1. The highest BCUT2D eigenvalue weighted by Crippen LogP contribution is 2.19. The first-order chi connectivity index (χ1) is 8.59. The molecule has 1 saturated heterocycles. The van der Waals surface area contributed by atoms with Crippen molar-refractivity contribution in [3.63, 3.8) is 0 Å². The van der Waals surface area contributed by atoms with Crippen LogP contribution in [0.15, 0.2) is 18.3 Å². The van der Waals surface area contributed by atoms with Gasteiger partial charge in [-0.05, 0) is 19.2 Å². The van der Waals surface area contributed by atoms with E-state index >= 15 is 0 Å². The van der Waals surface area contributed by atoms with E-state index in [9.17, 15) is 0 Å². The monoisotopic (exact) mass is 250 g/mol. The second-order valence-electron chi connectivity index (χ2n) is 5.94. The van der Waals surface area contributed by atoms with Gasteiger partial charge in [0.25, 0.3) is 0 Å². The van der Waals surface area contributed by atoms with Crippen LogP contribution in [0.4, 0.5) is 0 Å². The number of rotatable bonds is 5. The molecule has 2 heterocycles. The van der Waals surface area contributed by atoms with Gasteiger partial charge in [-0.3, -0.25) is 4.90 Å². The van der Waals surface area contributed by atoms with E-state index in [4.69, 9.17) is 0 Å². The summed E-state index contributed by atoms with van der Waals surface area (Å²) in [5.74, 6) is 0. The van der Waals surface area contributed by atoms with Crippen LogP contribution in [0.3, 0.4) is 0 Å². The van der Waals surface area contributed by atoms with E-state index in [-0.39, 0.29) is 5.41 Å². The van der Waals surface area contributed by atoms with Gasteiger partial charge >= 0.3 is 0 Å². The van der Waals surface area contributed by atoms with Crippen molar-refractivity contribution in [3.05, 3.63) is 24.0 Å². The Hall–Kier alpha value is -0.840. The zero-order valence-corrected chi connectivity index (χ0v) is 11.8. The minimum atomic E-state index is 0.157. The summed E-state index contributed by atoms with van der Waals surface area (Å²) >= 11 is 0. The number of likely N-dealkylation sites (N-methyl/N-ethyl adjacent to an activating group) is 1. The van der Waals surface area contributed by atoms with Crippen LogP contribution in [0, 0.1) is 0 Å². The highest BCUT2D eigenvalue weighted by molar-refractivity contribution is 5.15. The lowest BCUT2D eigenvalue weighted by Gasteiger charge is -2.34. The lowest BCUT2D eigenvalue weighted by molar-refractivity contribution is 0.193. The minimum absolute atomic E-state index is 0.157. The van der Waals surface area contributed by atoms with Gasteiger partial charge in [-0.1, -0.05) is 13.8 Å². The molecule has 18 heavy (non-hydrogen) atoms. The molecule has 0 spiro atoms. The summed E-state index contributed by atoms with van der Waals surface area (Å²) in [5, 5.41) is 7.07. The predicted molar refractivity (Wildman–Crippen MR) is 76.0 cm³/mol. The van der Waals surface area contributed by atoms with Crippen LogP contribution in [0.1, 0.15) is 19.5 Å². The van der Waals surface area contributed by atoms with Gasteiger partial charge in [-0.25, -0.2) is 0 Å². The topological polar surface area (TPSA) is 43.1 Å². The maximum atomic E-state index is 3.61. The Bertz CT molecular complexity index is 345. The van der Waals surface area contributed by atoms with Crippen molar-refractivity contribution in [1.82, 2.24) is 20.5 Å². The van der Waals surface area contributed by atoms with Crippen LogP contribution in [0.2, 0.25) is 0 Å². The predicted octanol–water partition coefficient (Wildman–Crippen LogP) is 0.786. The number of H-pyrrole nitrogens is 1. The molecule has 3 N–H and O–H groups in total. The molecule has 1 aromatic heterocycles. The number of piperazine rings is 1. The fourth-order valence-electron chi connectivity index (χ4n) is 2.49. The van der Waals surface area contributed by atoms with Crippen molar-refractivity contribution in [2.45, 2.75) is 25.3 Å². The van der Waals surface area contributed by atoms with Gasteiger partial charge in [-0.15, -0.1) is 0 Å². The average molecular weight is 250 g/mol. The summed E-state index contributed by atoms with van der Waals surface area (Å²) in [6.07, 6.45) is 2.00. The smallest absolute Gasteiger partial charge is 0.0342 e. The molecule has 1 fully saturated rings. The Morgan fingerprint density at radius 2 is 2.33 bits per heavy atom. The van der Waals surface area contributed by atoms with Crippen molar-refractivity contribution >= 4 is 0 Å². The zero-order chi connectivity index (χ0) is 13.0. The number of aromatic nitrogens is 1. The van der Waals surface area contributed by atoms with E-state index < -0.39 is 0 Å². The van der Waals surface area contributed by atoms with Crippen LogP contribution in [0.25, 0.3) is 0 Å². The van der Waals surface area contributed by atoms with Gasteiger partial charge < -0.3 is 15.6 Å². The fourth-order valence-corrected chi connectivity index (χ4v) is 2.49. The van der Waals surface area contributed by atoms with E-state index in [0.717, 1.165) is 32.7 Å². The minimum Gasteiger partial charge on any atom is -0.365 e.